The smallest absolute Gasteiger partial charge is 0.342 e. The summed E-state index contributed by atoms with van der Waals surface area (Å²) < 4.78 is 25.4. The molecule has 0 saturated heterocycles. The van der Waals surface area contributed by atoms with E-state index in [0.29, 0.717) is 17.3 Å². The van der Waals surface area contributed by atoms with Gasteiger partial charge in [-0.15, -0.1) is 24.8 Å². The molecule has 178 valence electrons. The summed E-state index contributed by atoms with van der Waals surface area (Å²) >= 11 is 0. The molecule has 0 unspecified atom stereocenters. The van der Waals surface area contributed by atoms with E-state index in [1.165, 1.54) is 6.07 Å². The Bertz CT molecular complexity index is 1210. The van der Waals surface area contributed by atoms with E-state index in [9.17, 15) is 9.18 Å². The van der Waals surface area contributed by atoms with Crippen molar-refractivity contribution in [3.8, 4) is 5.75 Å². The highest BCUT2D eigenvalue weighted by molar-refractivity contribution is 6.06. The number of hydrogen-bond donors (Lipinski definition) is 1. The standard InChI is InChI=1S/C26H23FN2O3.2ClH/c27-20-14-22-23(29-15-20)11-12-24(31-17-21(28)13-18-7-3-1-4-8-18)25(22)26(30)32-16-19-9-5-2-6-10-19;;/h1-12,14-15,21H,13,16-17,28H2;2*1H/t21-;;/m1../s1. The molecule has 34 heavy (non-hydrogen) atoms. The molecule has 0 fully saturated rings. The van der Waals surface area contributed by atoms with Gasteiger partial charge in [-0.1, -0.05) is 60.7 Å². The van der Waals surface area contributed by atoms with Gasteiger partial charge in [0.15, 0.2) is 0 Å². The normalized spacial score (nSPS) is 11.1. The number of pyridine rings is 1. The molecular formula is C26H25Cl2FN2O3. The van der Waals surface area contributed by atoms with E-state index in [2.05, 4.69) is 4.98 Å². The zero-order chi connectivity index (χ0) is 22.3. The number of carbonyl (C=O) groups excluding carboxylic acids is 1. The van der Waals surface area contributed by atoms with Crippen molar-refractivity contribution in [3.63, 3.8) is 0 Å². The highest BCUT2D eigenvalue weighted by atomic mass is 35.5. The lowest BCUT2D eigenvalue weighted by Crippen LogP contribution is -2.30. The average Bonchev–Trinajstić information content (AvgIpc) is 2.82. The topological polar surface area (TPSA) is 74.4 Å². The molecular weight excluding hydrogens is 478 g/mol. The first-order valence-corrected chi connectivity index (χ1v) is 10.3. The molecule has 0 aliphatic rings. The Morgan fingerprint density at radius 3 is 2.26 bits per heavy atom. The van der Waals surface area contributed by atoms with Crippen molar-refractivity contribution in [2.75, 3.05) is 6.61 Å². The van der Waals surface area contributed by atoms with E-state index in [1.807, 2.05) is 60.7 Å². The van der Waals surface area contributed by atoms with Crippen molar-refractivity contribution in [3.05, 3.63) is 108 Å². The molecule has 0 radical (unpaired) electrons. The predicted molar refractivity (Wildman–Crippen MR) is 135 cm³/mol. The van der Waals surface area contributed by atoms with Gasteiger partial charge in [0.1, 0.15) is 30.3 Å². The minimum Gasteiger partial charge on any atom is -0.491 e. The first kappa shape index (κ1) is 27.1. The number of benzene rings is 3. The Morgan fingerprint density at radius 1 is 0.941 bits per heavy atom. The van der Waals surface area contributed by atoms with Crippen molar-refractivity contribution in [1.82, 2.24) is 4.98 Å². The molecule has 0 aliphatic carbocycles. The van der Waals surface area contributed by atoms with Crippen LogP contribution < -0.4 is 10.5 Å². The van der Waals surface area contributed by atoms with E-state index in [-0.39, 0.29) is 55.4 Å². The zero-order valence-electron chi connectivity index (χ0n) is 18.2. The summed E-state index contributed by atoms with van der Waals surface area (Å²) in [6.07, 6.45) is 1.73. The lowest BCUT2D eigenvalue weighted by molar-refractivity contribution is 0.0470. The van der Waals surface area contributed by atoms with Crippen LogP contribution in [0.2, 0.25) is 0 Å². The summed E-state index contributed by atoms with van der Waals surface area (Å²) in [4.78, 5) is 17.1. The summed E-state index contributed by atoms with van der Waals surface area (Å²) in [5, 5.41) is 0.331. The van der Waals surface area contributed by atoms with E-state index < -0.39 is 11.8 Å². The average molecular weight is 503 g/mol. The summed E-state index contributed by atoms with van der Waals surface area (Å²) in [5.74, 6) is -0.877. The number of aromatic nitrogens is 1. The third kappa shape index (κ3) is 6.90. The number of fused-ring (bicyclic) bond motifs is 1. The molecule has 3 aromatic carbocycles. The van der Waals surface area contributed by atoms with E-state index in [0.717, 1.165) is 17.3 Å². The maximum absolute atomic E-state index is 13.9. The molecule has 0 saturated carbocycles. The number of esters is 1. The van der Waals surface area contributed by atoms with Crippen molar-refractivity contribution in [2.45, 2.75) is 19.1 Å². The number of halogens is 3. The van der Waals surface area contributed by atoms with E-state index in [4.69, 9.17) is 15.2 Å². The third-order valence-corrected chi connectivity index (χ3v) is 5.00. The Kier molecular flexibility index (Phi) is 10.3. The fourth-order valence-corrected chi connectivity index (χ4v) is 3.45. The summed E-state index contributed by atoms with van der Waals surface area (Å²) in [5.41, 5.74) is 8.78. The second-order valence-corrected chi connectivity index (χ2v) is 7.48. The maximum atomic E-state index is 13.9. The van der Waals surface area contributed by atoms with Gasteiger partial charge in [-0.3, -0.25) is 4.98 Å². The van der Waals surface area contributed by atoms with Crippen molar-refractivity contribution < 1.29 is 18.7 Å². The van der Waals surface area contributed by atoms with Crippen LogP contribution in [0.25, 0.3) is 10.9 Å². The minimum atomic E-state index is -0.613. The maximum Gasteiger partial charge on any atom is 0.342 e. The van der Waals surface area contributed by atoms with Crippen molar-refractivity contribution in [1.29, 1.82) is 0 Å². The fraction of sp³-hybridized carbons (Fsp3) is 0.154. The first-order valence-electron chi connectivity index (χ1n) is 10.3. The van der Waals surface area contributed by atoms with Gasteiger partial charge in [0.05, 0.1) is 11.7 Å². The van der Waals surface area contributed by atoms with Gasteiger partial charge in [-0.2, -0.15) is 0 Å². The van der Waals surface area contributed by atoms with Crippen LogP contribution in [-0.2, 0) is 17.8 Å². The molecule has 4 aromatic rings. The number of hydrogen-bond acceptors (Lipinski definition) is 5. The SMILES string of the molecule is Cl.Cl.N[C@@H](COc1ccc2ncc(F)cc2c1C(=O)OCc1ccccc1)Cc1ccccc1. The van der Waals surface area contributed by atoms with Crippen LogP contribution in [0.3, 0.4) is 0 Å². The molecule has 0 amide bonds. The van der Waals surface area contributed by atoms with E-state index in [1.54, 1.807) is 12.1 Å². The molecule has 1 heterocycles. The summed E-state index contributed by atoms with van der Waals surface area (Å²) in [6, 6.07) is 23.5. The fourth-order valence-electron chi connectivity index (χ4n) is 3.45. The number of ether oxygens (including phenoxy) is 2. The highest BCUT2D eigenvalue weighted by Gasteiger charge is 2.20. The quantitative estimate of drug-likeness (QED) is 0.321. The van der Waals surface area contributed by atoms with Gasteiger partial charge in [0, 0.05) is 11.4 Å². The molecule has 1 atom stereocenters. The van der Waals surface area contributed by atoms with Crippen molar-refractivity contribution in [2.24, 2.45) is 5.73 Å². The van der Waals surface area contributed by atoms with E-state index >= 15 is 0 Å². The van der Waals surface area contributed by atoms with Gasteiger partial charge in [-0.25, -0.2) is 9.18 Å². The zero-order valence-corrected chi connectivity index (χ0v) is 19.9. The number of nitrogens with zero attached hydrogens (tertiary/aromatic N) is 1. The van der Waals surface area contributed by atoms with Gasteiger partial charge in [0.2, 0.25) is 0 Å². The van der Waals surface area contributed by atoms with Gasteiger partial charge < -0.3 is 15.2 Å². The van der Waals surface area contributed by atoms with Crippen LogP contribution in [0.1, 0.15) is 21.5 Å². The number of carbonyl (C=O) groups is 1. The van der Waals surface area contributed by atoms with Crippen LogP contribution >= 0.6 is 24.8 Å². The molecule has 1 aromatic heterocycles. The molecule has 5 nitrogen and oxygen atoms in total. The molecule has 8 heteroatoms. The van der Waals surface area contributed by atoms with Crippen LogP contribution in [0.5, 0.6) is 5.75 Å². The first-order chi connectivity index (χ1) is 15.6. The van der Waals surface area contributed by atoms with Gasteiger partial charge in [-0.05, 0) is 35.7 Å². The Hall–Kier alpha value is -3.19. The lowest BCUT2D eigenvalue weighted by atomic mass is 10.1. The second-order valence-electron chi connectivity index (χ2n) is 7.48. The van der Waals surface area contributed by atoms with Gasteiger partial charge in [0.25, 0.3) is 0 Å². The molecule has 2 N–H and O–H groups in total. The van der Waals surface area contributed by atoms with Crippen molar-refractivity contribution >= 4 is 41.7 Å². The Morgan fingerprint density at radius 2 is 1.59 bits per heavy atom. The number of rotatable bonds is 8. The molecule has 0 aliphatic heterocycles. The molecule has 4 rings (SSSR count). The Balaban J connectivity index is 0.00000204. The third-order valence-electron chi connectivity index (χ3n) is 5.00. The van der Waals surface area contributed by atoms with Crippen LogP contribution in [0.4, 0.5) is 4.39 Å². The second kappa shape index (κ2) is 12.9. The summed E-state index contributed by atoms with van der Waals surface area (Å²) in [7, 11) is 0. The highest BCUT2D eigenvalue weighted by Crippen LogP contribution is 2.29. The lowest BCUT2D eigenvalue weighted by Gasteiger charge is -2.17. The number of nitrogens with two attached hydrogens (primary N) is 1. The largest absolute Gasteiger partial charge is 0.491 e. The molecule has 0 bridgehead atoms. The Labute approximate surface area is 209 Å². The summed E-state index contributed by atoms with van der Waals surface area (Å²) in [6.45, 7) is 0.272. The van der Waals surface area contributed by atoms with Crippen LogP contribution in [0, 0.1) is 5.82 Å². The van der Waals surface area contributed by atoms with Crippen LogP contribution in [0.15, 0.2) is 85.1 Å². The van der Waals surface area contributed by atoms with Crippen LogP contribution in [-0.4, -0.2) is 23.6 Å². The monoisotopic (exact) mass is 502 g/mol. The minimum absolute atomic E-state index is 0. The predicted octanol–water partition coefficient (Wildman–Crippen LogP) is 5.52. The van der Waals surface area contributed by atoms with Gasteiger partial charge >= 0.3 is 5.97 Å². The molecule has 0 spiro atoms.